The van der Waals surface area contributed by atoms with Crippen molar-refractivity contribution in [1.29, 1.82) is 0 Å². The van der Waals surface area contributed by atoms with Crippen molar-refractivity contribution in [3.8, 4) is 0 Å². The Balaban J connectivity index is 3.71. The molecule has 0 amide bonds. The first-order valence-corrected chi connectivity index (χ1v) is 7.11. The Morgan fingerprint density at radius 3 is 1.89 bits per heavy atom. The Bertz CT molecular complexity index is 172. The van der Waals surface area contributed by atoms with E-state index >= 15 is 0 Å². The summed E-state index contributed by atoms with van der Waals surface area (Å²) in [6.45, 7) is 3.81. The molecular formula is C14H30O4. The van der Waals surface area contributed by atoms with Crippen LogP contribution in [0.15, 0.2) is 0 Å². The highest BCUT2D eigenvalue weighted by Crippen LogP contribution is 2.23. The molecule has 0 heterocycles. The Morgan fingerprint density at radius 1 is 0.889 bits per heavy atom. The summed E-state index contributed by atoms with van der Waals surface area (Å²) in [5.74, 6) is 0. The van der Waals surface area contributed by atoms with Gasteiger partial charge in [0.15, 0.2) is 0 Å². The quantitative estimate of drug-likeness (QED) is 0.468. The molecule has 4 heteroatoms. The van der Waals surface area contributed by atoms with Crippen molar-refractivity contribution in [2.45, 2.75) is 58.5 Å². The van der Waals surface area contributed by atoms with E-state index in [-0.39, 0.29) is 25.9 Å². The second-order valence-electron chi connectivity index (χ2n) is 5.12. The van der Waals surface area contributed by atoms with Crippen molar-refractivity contribution in [2.75, 3.05) is 26.4 Å². The van der Waals surface area contributed by atoms with E-state index in [9.17, 15) is 15.3 Å². The molecule has 0 aliphatic carbocycles. The van der Waals surface area contributed by atoms with Gasteiger partial charge in [0.25, 0.3) is 0 Å². The van der Waals surface area contributed by atoms with Crippen molar-refractivity contribution in [1.82, 2.24) is 0 Å². The first-order valence-electron chi connectivity index (χ1n) is 7.11. The fourth-order valence-corrected chi connectivity index (χ4v) is 1.85. The summed E-state index contributed by atoms with van der Waals surface area (Å²) in [7, 11) is 0. The van der Waals surface area contributed by atoms with Crippen LogP contribution in [0, 0.1) is 5.41 Å². The molecule has 0 aliphatic rings. The Kier molecular flexibility index (Phi) is 10.6. The van der Waals surface area contributed by atoms with E-state index in [1.165, 1.54) is 25.7 Å². The van der Waals surface area contributed by atoms with Crippen LogP contribution in [-0.2, 0) is 4.74 Å². The molecule has 0 radical (unpaired) electrons. The first-order chi connectivity index (χ1) is 8.66. The number of aliphatic hydroxyl groups is 3. The van der Waals surface area contributed by atoms with Crippen LogP contribution in [-0.4, -0.2) is 47.9 Å². The molecule has 4 nitrogen and oxygen atoms in total. The van der Waals surface area contributed by atoms with Gasteiger partial charge < -0.3 is 20.1 Å². The zero-order chi connectivity index (χ0) is 13.9. The minimum atomic E-state index is -0.928. The van der Waals surface area contributed by atoms with Crippen LogP contribution in [0.25, 0.3) is 0 Å². The van der Waals surface area contributed by atoms with Crippen LogP contribution in [0.4, 0.5) is 0 Å². The predicted octanol–water partition coefficient (Wildman–Crippen LogP) is 1.72. The maximum absolute atomic E-state index is 9.25. The van der Waals surface area contributed by atoms with Gasteiger partial charge in [-0.2, -0.15) is 0 Å². The molecule has 3 N–H and O–H groups in total. The third kappa shape index (κ3) is 6.14. The molecule has 1 unspecified atom stereocenters. The van der Waals surface area contributed by atoms with Crippen LogP contribution in [0.5, 0.6) is 0 Å². The molecular weight excluding hydrogens is 232 g/mol. The maximum atomic E-state index is 9.25. The zero-order valence-corrected chi connectivity index (χ0v) is 11.9. The summed E-state index contributed by atoms with van der Waals surface area (Å²) in [6, 6.07) is 0. The summed E-state index contributed by atoms with van der Waals surface area (Å²) >= 11 is 0. The van der Waals surface area contributed by atoms with Crippen molar-refractivity contribution in [2.24, 2.45) is 5.41 Å². The number of hydrogen-bond donors (Lipinski definition) is 3. The third-order valence-corrected chi connectivity index (χ3v) is 3.67. The Hall–Kier alpha value is -0.160. The molecule has 0 rings (SSSR count). The molecule has 110 valence electrons. The van der Waals surface area contributed by atoms with Crippen LogP contribution in [0.2, 0.25) is 0 Å². The number of ether oxygens (including phenoxy) is 1. The third-order valence-electron chi connectivity index (χ3n) is 3.67. The van der Waals surface area contributed by atoms with Crippen molar-refractivity contribution in [3.63, 3.8) is 0 Å². The highest BCUT2D eigenvalue weighted by molar-refractivity contribution is 4.83. The molecule has 1 atom stereocenters. The lowest BCUT2D eigenvalue weighted by Gasteiger charge is -2.33. The highest BCUT2D eigenvalue weighted by atomic mass is 16.5. The van der Waals surface area contributed by atoms with Gasteiger partial charge in [0.1, 0.15) is 0 Å². The summed E-state index contributed by atoms with van der Waals surface area (Å²) in [6.07, 6.45) is 6.85. The molecule has 0 saturated carbocycles. The lowest BCUT2D eigenvalue weighted by atomic mass is 9.85. The van der Waals surface area contributed by atoms with Gasteiger partial charge in [0, 0.05) is 6.61 Å². The maximum Gasteiger partial charge on any atom is 0.0669 e. The van der Waals surface area contributed by atoms with Gasteiger partial charge in [0.2, 0.25) is 0 Å². The number of rotatable bonds is 12. The van der Waals surface area contributed by atoms with Gasteiger partial charge in [0.05, 0.1) is 31.3 Å². The summed E-state index contributed by atoms with van der Waals surface area (Å²) in [5.41, 5.74) is -0.928. The molecule has 0 aromatic heterocycles. The summed E-state index contributed by atoms with van der Waals surface area (Å²) in [4.78, 5) is 0. The molecule has 18 heavy (non-hydrogen) atoms. The Morgan fingerprint density at radius 2 is 1.39 bits per heavy atom. The summed E-state index contributed by atoms with van der Waals surface area (Å²) in [5, 5.41) is 27.7. The van der Waals surface area contributed by atoms with E-state index < -0.39 is 5.41 Å². The smallest absolute Gasteiger partial charge is 0.0669 e. The van der Waals surface area contributed by atoms with Crippen molar-refractivity contribution < 1.29 is 20.1 Å². The SMILES string of the molecule is CCCCCCCCOC(C)C(CO)(CO)CO. The van der Waals surface area contributed by atoms with Crippen LogP contribution in [0.3, 0.4) is 0 Å². The fourth-order valence-electron chi connectivity index (χ4n) is 1.85. The number of aliphatic hydroxyl groups excluding tert-OH is 3. The van der Waals surface area contributed by atoms with Crippen LogP contribution >= 0.6 is 0 Å². The van der Waals surface area contributed by atoms with Gasteiger partial charge in [-0.3, -0.25) is 0 Å². The minimum Gasteiger partial charge on any atom is -0.396 e. The van der Waals surface area contributed by atoms with Gasteiger partial charge in [-0.25, -0.2) is 0 Å². The van der Waals surface area contributed by atoms with Crippen LogP contribution in [0.1, 0.15) is 52.4 Å². The minimum absolute atomic E-state index is 0.266. The fraction of sp³-hybridized carbons (Fsp3) is 1.00. The van der Waals surface area contributed by atoms with Gasteiger partial charge in [-0.05, 0) is 13.3 Å². The standard InChI is InChI=1S/C14H30O4/c1-3-4-5-6-7-8-9-18-13(2)14(10-15,11-16)12-17/h13,15-17H,3-12H2,1-2H3. The zero-order valence-electron chi connectivity index (χ0n) is 11.9. The number of hydrogen-bond acceptors (Lipinski definition) is 4. The van der Waals surface area contributed by atoms with E-state index in [0.717, 1.165) is 12.8 Å². The number of unbranched alkanes of at least 4 members (excludes halogenated alkanes) is 5. The van der Waals surface area contributed by atoms with E-state index in [0.29, 0.717) is 6.61 Å². The van der Waals surface area contributed by atoms with E-state index in [1.54, 1.807) is 6.92 Å². The normalized spacial score (nSPS) is 13.8. The molecule has 0 aromatic carbocycles. The van der Waals surface area contributed by atoms with Crippen molar-refractivity contribution in [3.05, 3.63) is 0 Å². The largest absolute Gasteiger partial charge is 0.396 e. The second kappa shape index (κ2) is 10.7. The lowest BCUT2D eigenvalue weighted by molar-refractivity contribution is -0.106. The second-order valence-corrected chi connectivity index (χ2v) is 5.12. The Labute approximate surface area is 111 Å². The topological polar surface area (TPSA) is 69.9 Å². The molecule has 0 aromatic rings. The van der Waals surface area contributed by atoms with Gasteiger partial charge in [-0.15, -0.1) is 0 Å². The molecule has 0 aliphatic heterocycles. The predicted molar refractivity (Wildman–Crippen MR) is 72.5 cm³/mol. The lowest BCUT2D eigenvalue weighted by Crippen LogP contribution is -2.45. The molecule has 0 saturated heterocycles. The van der Waals surface area contributed by atoms with Crippen molar-refractivity contribution >= 4 is 0 Å². The molecule has 0 fully saturated rings. The highest BCUT2D eigenvalue weighted by Gasteiger charge is 2.35. The molecule has 0 spiro atoms. The van der Waals surface area contributed by atoms with Gasteiger partial charge >= 0.3 is 0 Å². The monoisotopic (exact) mass is 262 g/mol. The summed E-state index contributed by atoms with van der Waals surface area (Å²) < 4.78 is 5.61. The average molecular weight is 262 g/mol. The van der Waals surface area contributed by atoms with Crippen LogP contribution < -0.4 is 0 Å². The van der Waals surface area contributed by atoms with E-state index in [2.05, 4.69) is 6.92 Å². The van der Waals surface area contributed by atoms with E-state index in [1.807, 2.05) is 0 Å². The molecule has 0 bridgehead atoms. The average Bonchev–Trinajstić information content (AvgIpc) is 2.40. The van der Waals surface area contributed by atoms with E-state index in [4.69, 9.17) is 4.74 Å². The van der Waals surface area contributed by atoms with Gasteiger partial charge in [-0.1, -0.05) is 39.0 Å². The first kappa shape index (κ1) is 17.8.